The molecule has 2 aromatic carbocycles. The van der Waals surface area contributed by atoms with Gasteiger partial charge in [-0.15, -0.1) is 0 Å². The lowest BCUT2D eigenvalue weighted by atomic mass is 10.1. The third kappa shape index (κ3) is 4.33. The maximum Gasteiger partial charge on any atom is 0.263 e. The number of anilines is 3. The van der Waals surface area contributed by atoms with Gasteiger partial charge in [0.2, 0.25) is 0 Å². The molecular weight excluding hydrogens is 370 g/mol. The highest BCUT2D eigenvalue weighted by Gasteiger charge is 2.15. The topological polar surface area (TPSA) is 71.1 Å². The molecule has 3 rings (SSSR count). The van der Waals surface area contributed by atoms with Crippen LogP contribution in [0.3, 0.4) is 0 Å². The number of nitrogens with zero attached hydrogens (tertiary/aromatic N) is 1. The Balaban J connectivity index is 1.75. The quantitative estimate of drug-likeness (QED) is 0.653. The minimum Gasteiger partial charge on any atom is -0.354 e. The van der Waals surface area contributed by atoms with E-state index in [9.17, 15) is 8.42 Å². The molecule has 0 atom stereocenters. The van der Waals surface area contributed by atoms with Gasteiger partial charge >= 0.3 is 0 Å². The number of halogens is 1. The first-order valence-electron chi connectivity index (χ1n) is 7.92. The Kier molecular flexibility index (Phi) is 5.15. The number of rotatable bonds is 5. The van der Waals surface area contributed by atoms with E-state index in [1.54, 1.807) is 48.7 Å². The van der Waals surface area contributed by atoms with Crippen molar-refractivity contribution >= 4 is 38.8 Å². The van der Waals surface area contributed by atoms with Crippen molar-refractivity contribution in [3.8, 4) is 0 Å². The van der Waals surface area contributed by atoms with E-state index in [-0.39, 0.29) is 10.7 Å². The van der Waals surface area contributed by atoms with Gasteiger partial charge in [-0.25, -0.2) is 13.4 Å². The molecule has 2 N–H and O–H groups in total. The summed E-state index contributed by atoms with van der Waals surface area (Å²) < 4.78 is 27.5. The Morgan fingerprint density at radius 3 is 2.38 bits per heavy atom. The fraction of sp³-hybridized carbons (Fsp3) is 0.105. The number of sulfonamides is 1. The largest absolute Gasteiger partial charge is 0.354 e. The molecule has 0 saturated heterocycles. The maximum atomic E-state index is 12.5. The van der Waals surface area contributed by atoms with Crippen molar-refractivity contribution < 1.29 is 8.42 Å². The van der Waals surface area contributed by atoms with Gasteiger partial charge < -0.3 is 5.32 Å². The summed E-state index contributed by atoms with van der Waals surface area (Å²) in [5, 5.41) is 3.78. The van der Waals surface area contributed by atoms with Crippen molar-refractivity contribution in [2.75, 3.05) is 10.0 Å². The van der Waals surface area contributed by atoms with Crippen LogP contribution < -0.4 is 10.0 Å². The smallest absolute Gasteiger partial charge is 0.263 e. The number of benzene rings is 2. The monoisotopic (exact) mass is 387 g/mol. The van der Waals surface area contributed by atoms with Crippen LogP contribution >= 0.6 is 11.6 Å². The van der Waals surface area contributed by atoms with Crippen LogP contribution in [0.2, 0.25) is 5.02 Å². The molecule has 0 unspecified atom stereocenters. The Bertz CT molecular complexity index is 1030. The maximum absolute atomic E-state index is 12.5. The standard InChI is InChI=1S/C19H18ClN3O2S/c1-13-6-8-18(10-14(13)2)26(24,25)23-19-9-7-17(12-21-19)22-16-5-3-4-15(20)11-16/h3-12,22H,1-2H3,(H,21,23). The highest BCUT2D eigenvalue weighted by molar-refractivity contribution is 7.92. The van der Waals surface area contributed by atoms with Crippen LogP contribution in [0.15, 0.2) is 65.7 Å². The first-order chi connectivity index (χ1) is 12.3. The van der Waals surface area contributed by atoms with Gasteiger partial charge in [0.15, 0.2) is 0 Å². The van der Waals surface area contributed by atoms with Crippen LogP contribution in [0.1, 0.15) is 11.1 Å². The van der Waals surface area contributed by atoms with E-state index in [0.29, 0.717) is 5.02 Å². The highest BCUT2D eigenvalue weighted by Crippen LogP contribution is 2.22. The molecule has 0 saturated carbocycles. The Morgan fingerprint density at radius 1 is 0.923 bits per heavy atom. The van der Waals surface area contributed by atoms with E-state index in [0.717, 1.165) is 22.5 Å². The lowest BCUT2D eigenvalue weighted by Crippen LogP contribution is -2.14. The molecule has 0 bridgehead atoms. The molecule has 0 aliphatic heterocycles. The van der Waals surface area contributed by atoms with E-state index in [1.165, 1.54) is 0 Å². The number of aryl methyl sites for hydroxylation is 2. The van der Waals surface area contributed by atoms with Crippen LogP contribution in [0.5, 0.6) is 0 Å². The first-order valence-corrected chi connectivity index (χ1v) is 9.78. The molecule has 134 valence electrons. The van der Waals surface area contributed by atoms with Crippen LogP contribution in [0, 0.1) is 13.8 Å². The highest BCUT2D eigenvalue weighted by atomic mass is 35.5. The average molecular weight is 388 g/mol. The van der Waals surface area contributed by atoms with E-state index in [2.05, 4.69) is 15.0 Å². The summed E-state index contributed by atoms with van der Waals surface area (Å²) in [6, 6.07) is 15.7. The third-order valence-corrected chi connectivity index (χ3v) is 5.49. The SMILES string of the molecule is Cc1ccc(S(=O)(=O)Nc2ccc(Nc3cccc(Cl)c3)cn2)cc1C. The first kappa shape index (κ1) is 18.2. The van der Waals surface area contributed by atoms with Gasteiger partial charge in [0.1, 0.15) is 5.82 Å². The van der Waals surface area contributed by atoms with Gasteiger partial charge in [0, 0.05) is 10.7 Å². The van der Waals surface area contributed by atoms with Gasteiger partial charge in [-0.1, -0.05) is 23.7 Å². The second-order valence-electron chi connectivity index (χ2n) is 5.92. The molecule has 1 aromatic heterocycles. The van der Waals surface area contributed by atoms with Crippen LogP contribution in [0.25, 0.3) is 0 Å². The zero-order valence-electron chi connectivity index (χ0n) is 14.3. The van der Waals surface area contributed by atoms with Gasteiger partial charge in [0.05, 0.1) is 16.8 Å². The lowest BCUT2D eigenvalue weighted by Gasteiger charge is -2.10. The molecule has 1 heterocycles. The van der Waals surface area contributed by atoms with Crippen LogP contribution in [-0.2, 0) is 10.0 Å². The minimum absolute atomic E-state index is 0.212. The zero-order chi connectivity index (χ0) is 18.7. The lowest BCUT2D eigenvalue weighted by molar-refractivity contribution is 0.601. The summed E-state index contributed by atoms with van der Waals surface area (Å²) in [4.78, 5) is 4.37. The van der Waals surface area contributed by atoms with Crippen molar-refractivity contribution in [3.63, 3.8) is 0 Å². The summed E-state index contributed by atoms with van der Waals surface area (Å²) in [6.07, 6.45) is 1.55. The van der Waals surface area contributed by atoms with E-state index < -0.39 is 10.0 Å². The van der Waals surface area contributed by atoms with E-state index in [4.69, 9.17) is 11.6 Å². The predicted octanol–water partition coefficient (Wildman–Crippen LogP) is 4.90. The minimum atomic E-state index is -3.68. The molecule has 0 aliphatic rings. The average Bonchev–Trinajstić information content (AvgIpc) is 2.59. The van der Waals surface area contributed by atoms with Crippen molar-refractivity contribution in [2.24, 2.45) is 0 Å². The molecule has 0 aliphatic carbocycles. The number of aromatic nitrogens is 1. The third-order valence-electron chi connectivity index (χ3n) is 3.90. The summed E-state index contributed by atoms with van der Waals surface area (Å²) in [7, 11) is -3.68. The Morgan fingerprint density at radius 2 is 1.73 bits per heavy atom. The molecule has 0 amide bonds. The van der Waals surface area contributed by atoms with Crippen LogP contribution in [0.4, 0.5) is 17.2 Å². The summed E-state index contributed by atoms with van der Waals surface area (Å²) in [5.41, 5.74) is 3.50. The molecule has 7 heteroatoms. The molecular formula is C19H18ClN3O2S. The summed E-state index contributed by atoms with van der Waals surface area (Å²) in [5.74, 6) is 0.250. The molecule has 0 fully saturated rings. The zero-order valence-corrected chi connectivity index (χ0v) is 15.9. The molecule has 0 radical (unpaired) electrons. The molecule has 0 spiro atoms. The predicted molar refractivity (Wildman–Crippen MR) is 106 cm³/mol. The van der Waals surface area contributed by atoms with Crippen molar-refractivity contribution in [2.45, 2.75) is 18.7 Å². The molecule has 26 heavy (non-hydrogen) atoms. The van der Waals surface area contributed by atoms with Crippen molar-refractivity contribution in [3.05, 3.63) is 76.9 Å². The fourth-order valence-electron chi connectivity index (χ4n) is 2.34. The second kappa shape index (κ2) is 7.35. The number of nitrogens with one attached hydrogen (secondary N) is 2. The normalized spacial score (nSPS) is 11.2. The number of hydrogen-bond acceptors (Lipinski definition) is 4. The van der Waals surface area contributed by atoms with Gasteiger partial charge in [-0.2, -0.15) is 0 Å². The number of hydrogen-bond donors (Lipinski definition) is 2. The summed E-state index contributed by atoms with van der Waals surface area (Å²) >= 11 is 5.96. The fourth-order valence-corrected chi connectivity index (χ4v) is 3.62. The Hall–Kier alpha value is -2.57. The van der Waals surface area contributed by atoms with Gasteiger partial charge in [-0.3, -0.25) is 4.72 Å². The van der Waals surface area contributed by atoms with Crippen molar-refractivity contribution in [1.82, 2.24) is 4.98 Å². The molecule has 5 nitrogen and oxygen atoms in total. The number of pyridine rings is 1. The van der Waals surface area contributed by atoms with Gasteiger partial charge in [-0.05, 0) is 67.4 Å². The van der Waals surface area contributed by atoms with E-state index in [1.807, 2.05) is 26.0 Å². The van der Waals surface area contributed by atoms with E-state index >= 15 is 0 Å². The molecule has 3 aromatic rings. The summed E-state index contributed by atoms with van der Waals surface area (Å²) in [6.45, 7) is 3.81. The van der Waals surface area contributed by atoms with Gasteiger partial charge in [0.25, 0.3) is 10.0 Å². The van der Waals surface area contributed by atoms with Crippen molar-refractivity contribution in [1.29, 1.82) is 0 Å². The van der Waals surface area contributed by atoms with Crippen LogP contribution in [-0.4, -0.2) is 13.4 Å². The Labute approximate surface area is 158 Å². The second-order valence-corrected chi connectivity index (χ2v) is 8.04.